The number of carbonyl (C=O) groups excluding carboxylic acids is 1. The van der Waals surface area contributed by atoms with E-state index in [2.05, 4.69) is 28.1 Å². The van der Waals surface area contributed by atoms with Gasteiger partial charge in [-0.05, 0) is 29.6 Å². The molecular weight excluding hydrogens is 365 g/mol. The molecule has 0 spiro atoms. The van der Waals surface area contributed by atoms with E-state index in [9.17, 15) is 4.79 Å². The molecule has 3 rings (SSSR count). The first-order chi connectivity index (χ1) is 11.6. The van der Waals surface area contributed by atoms with E-state index >= 15 is 0 Å². The van der Waals surface area contributed by atoms with Crippen LogP contribution < -0.4 is 15.5 Å². The van der Waals surface area contributed by atoms with Crippen LogP contribution >= 0.6 is 34.5 Å². The molecule has 0 radical (unpaired) electrons. The van der Waals surface area contributed by atoms with Gasteiger partial charge in [0.05, 0.1) is 35.2 Å². The van der Waals surface area contributed by atoms with Gasteiger partial charge in [0.15, 0.2) is 0 Å². The van der Waals surface area contributed by atoms with E-state index in [0.29, 0.717) is 28.3 Å². The summed E-state index contributed by atoms with van der Waals surface area (Å²) in [5, 5.41) is 8.82. The highest BCUT2D eigenvalue weighted by atomic mass is 35.5. The third kappa shape index (κ3) is 4.42. The molecule has 24 heavy (non-hydrogen) atoms. The van der Waals surface area contributed by atoms with Gasteiger partial charge in [0.1, 0.15) is 6.04 Å². The van der Waals surface area contributed by atoms with Crippen LogP contribution in [0, 0.1) is 0 Å². The van der Waals surface area contributed by atoms with Gasteiger partial charge in [-0.15, -0.1) is 11.3 Å². The Hall–Kier alpha value is -1.27. The Kier molecular flexibility index (Phi) is 6.00. The highest BCUT2D eigenvalue weighted by molar-refractivity contribution is 7.10. The van der Waals surface area contributed by atoms with Crippen LogP contribution in [0.4, 0.5) is 10.5 Å². The molecule has 1 aliphatic rings. The molecule has 3 N–H and O–H groups in total. The number of amides is 2. The molecule has 4 nitrogen and oxygen atoms in total. The molecule has 1 aromatic heterocycles. The molecular formula is C17H20Cl2N3OS+. The van der Waals surface area contributed by atoms with E-state index in [1.165, 1.54) is 17.7 Å². The first-order valence-electron chi connectivity index (χ1n) is 8.01. The van der Waals surface area contributed by atoms with Crippen LogP contribution in [-0.4, -0.2) is 25.7 Å². The fourth-order valence-corrected chi connectivity index (χ4v) is 4.41. The van der Waals surface area contributed by atoms with Crippen LogP contribution in [0.25, 0.3) is 0 Å². The second-order valence-corrected chi connectivity index (χ2v) is 7.72. The fraction of sp³-hybridized carbons (Fsp3) is 0.353. The predicted octanol–water partition coefficient (Wildman–Crippen LogP) is 3.60. The fourth-order valence-electron chi connectivity index (χ4n) is 3.07. The number of benzene rings is 1. The van der Waals surface area contributed by atoms with Crippen molar-refractivity contribution in [2.24, 2.45) is 0 Å². The van der Waals surface area contributed by atoms with Crippen molar-refractivity contribution in [2.45, 2.75) is 18.9 Å². The van der Waals surface area contributed by atoms with Crippen molar-refractivity contribution in [3.63, 3.8) is 0 Å². The number of anilines is 1. The lowest BCUT2D eigenvalue weighted by Crippen LogP contribution is -3.11. The molecule has 128 valence electrons. The Labute approximate surface area is 155 Å². The highest BCUT2D eigenvalue weighted by Crippen LogP contribution is 2.25. The van der Waals surface area contributed by atoms with E-state index in [-0.39, 0.29) is 6.03 Å². The summed E-state index contributed by atoms with van der Waals surface area (Å²) in [5.74, 6) is 0. The largest absolute Gasteiger partial charge is 0.331 e. The molecule has 1 aliphatic heterocycles. The Morgan fingerprint density at radius 1 is 1.25 bits per heavy atom. The van der Waals surface area contributed by atoms with Gasteiger partial charge in [0.25, 0.3) is 0 Å². The Morgan fingerprint density at radius 3 is 2.71 bits per heavy atom. The van der Waals surface area contributed by atoms with Crippen LogP contribution in [0.3, 0.4) is 0 Å². The first-order valence-corrected chi connectivity index (χ1v) is 9.65. The minimum atomic E-state index is -0.251. The van der Waals surface area contributed by atoms with Crippen LogP contribution in [0.1, 0.15) is 23.8 Å². The van der Waals surface area contributed by atoms with Crippen LogP contribution in [0.5, 0.6) is 0 Å². The van der Waals surface area contributed by atoms with Crippen molar-refractivity contribution in [1.29, 1.82) is 0 Å². The topological polar surface area (TPSA) is 45.6 Å². The van der Waals surface area contributed by atoms with Crippen LogP contribution in [0.15, 0.2) is 35.7 Å². The zero-order chi connectivity index (χ0) is 16.9. The molecule has 1 fully saturated rings. The van der Waals surface area contributed by atoms with Crippen molar-refractivity contribution in [1.82, 2.24) is 5.32 Å². The molecule has 2 aromatic rings. The van der Waals surface area contributed by atoms with Crippen molar-refractivity contribution in [3.05, 3.63) is 50.6 Å². The van der Waals surface area contributed by atoms with Crippen molar-refractivity contribution < 1.29 is 9.69 Å². The SMILES string of the molecule is O=C(NC[C@@H](c1cccs1)[NH+]1CCCC1)Nc1ccc(Cl)cc1Cl. The van der Waals surface area contributed by atoms with E-state index in [1.54, 1.807) is 34.4 Å². The van der Waals surface area contributed by atoms with E-state index < -0.39 is 0 Å². The number of carbonyl (C=O) groups is 1. The van der Waals surface area contributed by atoms with E-state index in [0.717, 1.165) is 13.1 Å². The minimum absolute atomic E-state index is 0.251. The summed E-state index contributed by atoms with van der Waals surface area (Å²) in [4.78, 5) is 15.1. The molecule has 0 aliphatic carbocycles. The number of likely N-dealkylation sites (tertiary alicyclic amines) is 1. The maximum atomic E-state index is 12.2. The van der Waals surface area contributed by atoms with Crippen molar-refractivity contribution >= 4 is 46.3 Å². The smallest absolute Gasteiger partial charge is 0.319 e. The minimum Gasteiger partial charge on any atom is -0.331 e. The Balaban J connectivity index is 1.60. The van der Waals surface area contributed by atoms with Crippen molar-refractivity contribution in [2.75, 3.05) is 25.0 Å². The monoisotopic (exact) mass is 384 g/mol. The second-order valence-electron chi connectivity index (χ2n) is 5.89. The number of halogens is 2. The molecule has 2 amide bonds. The van der Waals surface area contributed by atoms with Gasteiger partial charge >= 0.3 is 6.03 Å². The summed E-state index contributed by atoms with van der Waals surface area (Å²) in [7, 11) is 0. The summed E-state index contributed by atoms with van der Waals surface area (Å²) in [6.45, 7) is 2.93. The summed E-state index contributed by atoms with van der Waals surface area (Å²) in [6.07, 6.45) is 2.51. The van der Waals surface area contributed by atoms with Crippen LogP contribution in [0.2, 0.25) is 10.0 Å². The van der Waals surface area contributed by atoms with Gasteiger partial charge in [-0.25, -0.2) is 4.79 Å². The Bertz CT molecular complexity index is 687. The quantitative estimate of drug-likeness (QED) is 0.724. The zero-order valence-corrected chi connectivity index (χ0v) is 15.5. The zero-order valence-electron chi connectivity index (χ0n) is 13.1. The number of rotatable bonds is 5. The number of nitrogens with one attached hydrogen (secondary N) is 3. The summed E-state index contributed by atoms with van der Waals surface area (Å²) < 4.78 is 0. The van der Waals surface area contributed by atoms with E-state index in [1.807, 2.05) is 0 Å². The maximum Gasteiger partial charge on any atom is 0.319 e. The van der Waals surface area contributed by atoms with Gasteiger partial charge in [-0.1, -0.05) is 29.3 Å². The van der Waals surface area contributed by atoms with E-state index in [4.69, 9.17) is 23.2 Å². The molecule has 0 unspecified atom stereocenters. The molecule has 1 aromatic carbocycles. The number of hydrogen-bond acceptors (Lipinski definition) is 2. The lowest BCUT2D eigenvalue weighted by molar-refractivity contribution is -0.918. The third-order valence-corrected chi connectivity index (χ3v) is 5.81. The lowest BCUT2D eigenvalue weighted by Gasteiger charge is -2.24. The molecule has 1 atom stereocenters. The van der Waals surface area contributed by atoms with Gasteiger partial charge < -0.3 is 15.5 Å². The molecule has 1 saturated heterocycles. The van der Waals surface area contributed by atoms with Crippen molar-refractivity contribution in [3.8, 4) is 0 Å². The first kappa shape index (κ1) is 17.5. The predicted molar refractivity (Wildman–Crippen MR) is 100 cm³/mol. The normalized spacial score (nSPS) is 16.1. The van der Waals surface area contributed by atoms with Gasteiger partial charge in [0, 0.05) is 17.9 Å². The summed E-state index contributed by atoms with van der Waals surface area (Å²) in [5.41, 5.74) is 0.555. The molecule has 0 saturated carbocycles. The number of hydrogen-bond donors (Lipinski definition) is 3. The number of quaternary nitrogens is 1. The third-order valence-electron chi connectivity index (χ3n) is 4.27. The number of urea groups is 1. The summed E-state index contributed by atoms with van der Waals surface area (Å²) >= 11 is 13.7. The average molecular weight is 385 g/mol. The molecule has 0 bridgehead atoms. The van der Waals surface area contributed by atoms with Crippen LogP contribution in [-0.2, 0) is 0 Å². The Morgan fingerprint density at radius 2 is 2.04 bits per heavy atom. The molecule has 7 heteroatoms. The highest BCUT2D eigenvalue weighted by Gasteiger charge is 2.28. The second kappa shape index (κ2) is 8.21. The standard InChI is InChI=1S/C17H19Cl2N3OS/c18-12-5-6-14(13(19)10-12)21-17(23)20-11-15(16-4-3-9-24-16)22-7-1-2-8-22/h3-6,9-10,15H,1-2,7-8,11H2,(H2,20,21,23)/p+1/t15-/m0/s1. The van der Waals surface area contributed by atoms with Gasteiger partial charge in [-0.2, -0.15) is 0 Å². The number of thiophene rings is 1. The lowest BCUT2D eigenvalue weighted by atomic mass is 10.2. The molecule has 2 heterocycles. The van der Waals surface area contributed by atoms with Gasteiger partial charge in [0.2, 0.25) is 0 Å². The average Bonchev–Trinajstić information content (AvgIpc) is 3.24. The maximum absolute atomic E-state index is 12.2. The van der Waals surface area contributed by atoms with Gasteiger partial charge in [-0.3, -0.25) is 0 Å². The summed E-state index contributed by atoms with van der Waals surface area (Å²) in [6, 6.07) is 9.28.